The zero-order valence-electron chi connectivity index (χ0n) is 11.2. The van der Waals surface area contributed by atoms with E-state index in [1.807, 2.05) is 12.3 Å². The zero-order valence-corrected chi connectivity index (χ0v) is 12.8. The molecule has 20 heavy (non-hydrogen) atoms. The van der Waals surface area contributed by atoms with Gasteiger partial charge in [-0.2, -0.15) is 0 Å². The van der Waals surface area contributed by atoms with Crippen molar-refractivity contribution in [2.75, 3.05) is 18.4 Å². The third-order valence-corrected chi connectivity index (χ3v) is 5.12. The number of hydrogen-bond donors (Lipinski definition) is 2. The molecule has 3 rings (SSSR count). The Hall–Kier alpha value is -1.31. The van der Waals surface area contributed by atoms with Crippen LogP contribution in [0.4, 0.5) is 5.13 Å². The van der Waals surface area contributed by atoms with Gasteiger partial charge < -0.3 is 5.32 Å². The molecule has 2 N–H and O–H groups in total. The molecule has 0 spiro atoms. The number of carbonyl (C=O) groups excluding carboxylic acids is 1. The van der Waals surface area contributed by atoms with Crippen molar-refractivity contribution in [3.63, 3.8) is 0 Å². The molecule has 3 heterocycles. The number of hydrogen-bond acceptors (Lipinski definition) is 6. The molecule has 106 valence electrons. The molecule has 0 saturated carbocycles. The largest absolute Gasteiger partial charge is 0.317 e. The fourth-order valence-electron chi connectivity index (χ4n) is 2.22. The van der Waals surface area contributed by atoms with Crippen LogP contribution in [-0.2, 0) is 0 Å². The Balaban J connectivity index is 1.67. The number of aryl methyl sites for hydroxylation is 1. The lowest BCUT2D eigenvalue weighted by Gasteiger charge is -2.20. The minimum absolute atomic E-state index is 0.171. The topological polar surface area (TPSA) is 66.9 Å². The van der Waals surface area contributed by atoms with Crippen molar-refractivity contribution >= 4 is 33.7 Å². The van der Waals surface area contributed by atoms with Crippen LogP contribution in [0.2, 0.25) is 0 Å². The van der Waals surface area contributed by atoms with E-state index in [9.17, 15) is 4.79 Å². The summed E-state index contributed by atoms with van der Waals surface area (Å²) < 4.78 is 0. The van der Waals surface area contributed by atoms with E-state index in [-0.39, 0.29) is 5.91 Å². The van der Waals surface area contributed by atoms with Crippen molar-refractivity contribution < 1.29 is 4.79 Å². The van der Waals surface area contributed by atoms with Gasteiger partial charge >= 0.3 is 0 Å². The molecule has 2 aromatic heterocycles. The molecule has 0 atom stereocenters. The summed E-state index contributed by atoms with van der Waals surface area (Å²) in [7, 11) is 0. The van der Waals surface area contributed by atoms with Gasteiger partial charge in [0.05, 0.1) is 5.01 Å². The van der Waals surface area contributed by atoms with Crippen LogP contribution in [-0.4, -0.2) is 29.0 Å². The molecule has 1 fully saturated rings. The number of aromatic nitrogens is 2. The van der Waals surface area contributed by atoms with E-state index >= 15 is 0 Å². The van der Waals surface area contributed by atoms with Gasteiger partial charge in [-0.15, -0.1) is 22.7 Å². The summed E-state index contributed by atoms with van der Waals surface area (Å²) >= 11 is 3.05. The zero-order chi connectivity index (χ0) is 13.9. The molecular weight excluding hydrogens is 292 g/mol. The second-order valence-electron chi connectivity index (χ2n) is 4.83. The van der Waals surface area contributed by atoms with Gasteiger partial charge in [-0.25, -0.2) is 9.97 Å². The summed E-state index contributed by atoms with van der Waals surface area (Å²) in [4.78, 5) is 21.8. The highest BCUT2D eigenvalue weighted by Crippen LogP contribution is 2.28. The Morgan fingerprint density at radius 3 is 2.95 bits per heavy atom. The summed E-state index contributed by atoms with van der Waals surface area (Å²) in [6.07, 6.45) is 3.95. The fourth-order valence-corrected chi connectivity index (χ4v) is 3.85. The Labute approximate surface area is 125 Å². The van der Waals surface area contributed by atoms with Crippen molar-refractivity contribution in [1.82, 2.24) is 15.3 Å². The normalized spacial score (nSPS) is 16.2. The molecule has 0 aromatic carbocycles. The van der Waals surface area contributed by atoms with E-state index in [0.29, 0.717) is 16.7 Å². The van der Waals surface area contributed by atoms with Gasteiger partial charge in [-0.1, -0.05) is 0 Å². The third-order valence-electron chi connectivity index (χ3n) is 3.28. The van der Waals surface area contributed by atoms with Gasteiger partial charge in [0.1, 0.15) is 5.69 Å². The average Bonchev–Trinajstić information content (AvgIpc) is 3.09. The Morgan fingerprint density at radius 1 is 1.45 bits per heavy atom. The molecule has 1 aliphatic rings. The maximum absolute atomic E-state index is 12.1. The van der Waals surface area contributed by atoms with Crippen LogP contribution in [0.3, 0.4) is 0 Å². The van der Waals surface area contributed by atoms with Crippen LogP contribution < -0.4 is 10.6 Å². The highest BCUT2D eigenvalue weighted by molar-refractivity contribution is 7.15. The minimum atomic E-state index is -0.171. The monoisotopic (exact) mass is 308 g/mol. The van der Waals surface area contributed by atoms with Crippen LogP contribution in [0, 0.1) is 6.92 Å². The van der Waals surface area contributed by atoms with Gasteiger partial charge in [-0.3, -0.25) is 10.1 Å². The standard InChI is InChI=1S/C13H16N4OS2/c1-8-6-15-13(20-8)17-11(18)10-7-19-12(16-10)9-2-4-14-5-3-9/h6-7,9,14H,2-5H2,1H3,(H,15,17,18). The predicted molar refractivity (Wildman–Crippen MR) is 81.8 cm³/mol. The highest BCUT2D eigenvalue weighted by atomic mass is 32.1. The minimum Gasteiger partial charge on any atom is -0.317 e. The maximum Gasteiger partial charge on any atom is 0.276 e. The molecule has 0 radical (unpaired) electrons. The SMILES string of the molecule is Cc1cnc(NC(=O)c2csc(C3CCNCC3)n2)s1. The summed E-state index contributed by atoms with van der Waals surface area (Å²) in [6.45, 7) is 4.03. The van der Waals surface area contributed by atoms with Crippen molar-refractivity contribution in [2.45, 2.75) is 25.7 Å². The quantitative estimate of drug-likeness (QED) is 0.915. The van der Waals surface area contributed by atoms with E-state index in [4.69, 9.17) is 0 Å². The first kappa shape index (κ1) is 13.7. The molecule has 1 saturated heterocycles. The summed E-state index contributed by atoms with van der Waals surface area (Å²) in [5.74, 6) is 0.320. The number of thiazole rings is 2. The molecule has 7 heteroatoms. The number of piperidine rings is 1. The first-order chi connectivity index (χ1) is 9.72. The number of nitrogens with one attached hydrogen (secondary N) is 2. The van der Waals surface area contributed by atoms with Crippen molar-refractivity contribution in [3.8, 4) is 0 Å². The van der Waals surface area contributed by atoms with Gasteiger partial charge in [0.2, 0.25) is 0 Å². The van der Waals surface area contributed by atoms with E-state index in [1.165, 1.54) is 11.3 Å². The summed E-state index contributed by atoms with van der Waals surface area (Å²) in [6, 6.07) is 0. The Bertz CT molecular complexity index is 601. The highest BCUT2D eigenvalue weighted by Gasteiger charge is 2.20. The molecule has 0 aliphatic carbocycles. The molecule has 1 aliphatic heterocycles. The van der Waals surface area contributed by atoms with Gasteiger partial charge in [0, 0.05) is 22.4 Å². The van der Waals surface area contributed by atoms with Crippen LogP contribution in [0.5, 0.6) is 0 Å². The number of nitrogens with zero attached hydrogens (tertiary/aromatic N) is 2. The number of carbonyl (C=O) groups is 1. The van der Waals surface area contributed by atoms with Gasteiger partial charge in [0.25, 0.3) is 5.91 Å². The lowest BCUT2D eigenvalue weighted by atomic mass is 9.99. The van der Waals surface area contributed by atoms with Crippen LogP contribution in [0.1, 0.15) is 39.1 Å². The Morgan fingerprint density at radius 2 is 2.25 bits per heavy atom. The molecule has 0 bridgehead atoms. The fraction of sp³-hybridized carbons (Fsp3) is 0.462. The molecular formula is C13H16N4OS2. The molecule has 0 unspecified atom stereocenters. The predicted octanol–water partition coefficient (Wildman–Crippen LogP) is 2.63. The Kier molecular flexibility index (Phi) is 4.09. The van der Waals surface area contributed by atoms with Crippen LogP contribution in [0.25, 0.3) is 0 Å². The van der Waals surface area contributed by atoms with E-state index in [1.54, 1.807) is 17.5 Å². The molecule has 5 nitrogen and oxygen atoms in total. The molecule has 1 amide bonds. The van der Waals surface area contributed by atoms with Gasteiger partial charge in [-0.05, 0) is 32.9 Å². The first-order valence-corrected chi connectivity index (χ1v) is 8.32. The van der Waals surface area contributed by atoms with E-state index in [0.717, 1.165) is 35.8 Å². The second-order valence-corrected chi connectivity index (χ2v) is 6.95. The van der Waals surface area contributed by atoms with Crippen molar-refractivity contribution in [3.05, 3.63) is 27.2 Å². The lowest BCUT2D eigenvalue weighted by Crippen LogP contribution is -2.26. The maximum atomic E-state index is 12.1. The summed E-state index contributed by atoms with van der Waals surface area (Å²) in [5, 5.41) is 9.68. The first-order valence-electron chi connectivity index (χ1n) is 6.62. The van der Waals surface area contributed by atoms with E-state index in [2.05, 4.69) is 20.6 Å². The number of rotatable bonds is 3. The van der Waals surface area contributed by atoms with E-state index < -0.39 is 0 Å². The molecule has 2 aromatic rings. The van der Waals surface area contributed by atoms with Crippen molar-refractivity contribution in [1.29, 1.82) is 0 Å². The van der Waals surface area contributed by atoms with Gasteiger partial charge in [0.15, 0.2) is 5.13 Å². The smallest absolute Gasteiger partial charge is 0.276 e. The number of anilines is 1. The summed E-state index contributed by atoms with van der Waals surface area (Å²) in [5.41, 5.74) is 0.497. The average molecular weight is 308 g/mol. The van der Waals surface area contributed by atoms with Crippen molar-refractivity contribution in [2.24, 2.45) is 0 Å². The third kappa shape index (κ3) is 3.05. The number of amides is 1. The van der Waals surface area contributed by atoms with Crippen LogP contribution in [0.15, 0.2) is 11.6 Å². The van der Waals surface area contributed by atoms with Crippen LogP contribution >= 0.6 is 22.7 Å². The second kappa shape index (κ2) is 5.99. The lowest BCUT2D eigenvalue weighted by molar-refractivity contribution is 0.102.